The van der Waals surface area contributed by atoms with E-state index in [4.69, 9.17) is 25.1 Å². The number of hydrogen-bond acceptors (Lipinski definition) is 15. The maximum absolute atomic E-state index is 12.1. The van der Waals surface area contributed by atoms with Crippen molar-refractivity contribution >= 4 is 32.1 Å². The highest BCUT2D eigenvalue weighted by Crippen LogP contribution is 2.38. The van der Waals surface area contributed by atoms with Gasteiger partial charge in [0.1, 0.15) is 51.8 Å². The van der Waals surface area contributed by atoms with Gasteiger partial charge in [-0.2, -0.15) is 9.97 Å². The largest absolute Gasteiger partial charge is 0.389 e. The van der Waals surface area contributed by atoms with Gasteiger partial charge >= 0.3 is 11.4 Å². The number of nitrogen functional groups attached to an aromatic ring is 1. The first-order valence-corrected chi connectivity index (χ1v) is 20.3. The normalized spacial score (nSPS) is 24.5. The number of aromatic nitrogens is 6. The quantitative estimate of drug-likeness (QED) is 0.298. The van der Waals surface area contributed by atoms with Crippen molar-refractivity contribution in [1.29, 1.82) is 0 Å². The predicted molar refractivity (Wildman–Crippen MR) is 175 cm³/mol. The van der Waals surface area contributed by atoms with E-state index in [1.807, 2.05) is 6.92 Å². The van der Waals surface area contributed by atoms with E-state index in [1.54, 1.807) is 47.4 Å². The van der Waals surface area contributed by atoms with Crippen LogP contribution in [0.3, 0.4) is 0 Å². The van der Waals surface area contributed by atoms with E-state index < -0.39 is 49.7 Å². The third kappa shape index (κ3) is 13.3. The molecule has 0 bridgehead atoms. The Labute approximate surface area is 273 Å². The van der Waals surface area contributed by atoms with E-state index in [1.165, 1.54) is 17.2 Å². The Hall–Kier alpha value is -2.85. The van der Waals surface area contributed by atoms with Crippen molar-refractivity contribution in [2.24, 2.45) is 11.3 Å². The summed E-state index contributed by atoms with van der Waals surface area (Å²) in [4.78, 5) is 50.6. The summed E-state index contributed by atoms with van der Waals surface area (Å²) < 4.78 is 40.8. The summed E-state index contributed by atoms with van der Waals surface area (Å²) in [5.74, 6) is 0.0342. The smallest absolute Gasteiger partial charge is 0.354 e. The van der Waals surface area contributed by atoms with Gasteiger partial charge in [0.05, 0.1) is 12.5 Å². The Morgan fingerprint density at radius 3 is 1.98 bits per heavy atom. The standard InChI is InChI=1S/C14H22N4O3.C10H17N4O5P.C3H9O2P/c1-8-6-10(21-9(8)2)18-7-15-12(17-13(18)20)16-11(19)14(3,4)5;1-20(2,17)5-18-8-6(15)3-7(19-8)14-4-12-9(11)13-10(14)16;1-6(2,5)3-4/h7-10H,6H2,1-5H3,(H,16,17,19,20);4,6-8,15H,3,5H2,1-2H3,(H2,11,13,16);4H,3H2,1-2H3/t8-,9?,10+;6-,7+,8-;/m00./s1. The van der Waals surface area contributed by atoms with Gasteiger partial charge in [-0.25, -0.2) is 19.6 Å². The zero-order chi connectivity index (χ0) is 35.9. The number of nitrogens with zero attached hydrogens (tertiary/aromatic N) is 6. The molecule has 2 saturated heterocycles. The molecule has 1 unspecified atom stereocenters. The first-order chi connectivity index (χ1) is 21.5. The molecule has 4 heterocycles. The minimum Gasteiger partial charge on any atom is -0.389 e. The summed E-state index contributed by atoms with van der Waals surface area (Å²) in [7, 11) is -4.47. The van der Waals surface area contributed by atoms with Gasteiger partial charge < -0.3 is 39.3 Å². The van der Waals surface area contributed by atoms with E-state index >= 15 is 0 Å². The highest BCUT2D eigenvalue weighted by Gasteiger charge is 2.37. The molecule has 20 heteroatoms. The molecule has 47 heavy (non-hydrogen) atoms. The molecule has 2 aliphatic rings. The van der Waals surface area contributed by atoms with Crippen LogP contribution >= 0.6 is 14.3 Å². The van der Waals surface area contributed by atoms with Crippen molar-refractivity contribution in [3.63, 3.8) is 0 Å². The summed E-state index contributed by atoms with van der Waals surface area (Å²) >= 11 is 0. The second-order valence-electron chi connectivity index (χ2n) is 13.3. The summed E-state index contributed by atoms with van der Waals surface area (Å²) in [6, 6.07) is 0. The molecular weight excluding hydrogens is 658 g/mol. The van der Waals surface area contributed by atoms with Gasteiger partial charge in [0.25, 0.3) is 0 Å². The minimum absolute atomic E-state index is 0.00537. The SMILES string of the molecule is CC1O[C@@H](n2cnc(NC(=O)C(C)(C)C)nc2=O)C[C@@H]1C.CP(C)(=O)CO.CP(C)(=O)CO[C@H]1O[C@@H](n2cnc(N)nc2=O)C[C@@H]1O. The number of carbonyl (C=O) groups is 1. The van der Waals surface area contributed by atoms with Gasteiger partial charge in [-0.1, -0.05) is 27.7 Å². The highest BCUT2D eigenvalue weighted by atomic mass is 31.2. The number of aliphatic hydroxyl groups is 2. The number of anilines is 2. The second kappa shape index (κ2) is 16.5. The molecule has 0 spiro atoms. The van der Waals surface area contributed by atoms with Crippen molar-refractivity contribution in [2.75, 3.05) is 50.4 Å². The predicted octanol–water partition coefficient (Wildman–Crippen LogP) is 1.55. The van der Waals surface area contributed by atoms with Crippen LogP contribution in [0.1, 0.15) is 59.9 Å². The van der Waals surface area contributed by atoms with Crippen LogP contribution in [0.15, 0.2) is 22.2 Å². The van der Waals surface area contributed by atoms with Crippen LogP contribution in [0.5, 0.6) is 0 Å². The van der Waals surface area contributed by atoms with Crippen LogP contribution in [0, 0.1) is 11.3 Å². The highest BCUT2D eigenvalue weighted by molar-refractivity contribution is 7.62. The molecule has 6 atom stereocenters. The molecule has 4 rings (SSSR count). The Balaban J connectivity index is 0.000000279. The van der Waals surface area contributed by atoms with Gasteiger partial charge in [-0.3, -0.25) is 19.2 Å². The topological polar surface area (TPSA) is 253 Å². The summed E-state index contributed by atoms with van der Waals surface area (Å²) in [6.07, 6.45) is 0.467. The van der Waals surface area contributed by atoms with Crippen LogP contribution in [-0.2, 0) is 28.1 Å². The van der Waals surface area contributed by atoms with Gasteiger partial charge in [0.2, 0.25) is 17.8 Å². The van der Waals surface area contributed by atoms with Crippen molar-refractivity contribution in [1.82, 2.24) is 29.1 Å². The average Bonchev–Trinajstić information content (AvgIpc) is 3.47. The Kier molecular flexibility index (Phi) is 14.2. The first-order valence-electron chi connectivity index (χ1n) is 14.8. The average molecular weight is 707 g/mol. The number of rotatable bonds is 7. The fourth-order valence-corrected chi connectivity index (χ4v) is 4.28. The third-order valence-corrected chi connectivity index (χ3v) is 8.14. The zero-order valence-electron chi connectivity index (χ0n) is 28.3. The third-order valence-electron chi connectivity index (χ3n) is 6.68. The van der Waals surface area contributed by atoms with E-state index in [9.17, 15) is 28.6 Å². The number of amides is 1. The number of nitrogens with one attached hydrogen (secondary N) is 1. The lowest BCUT2D eigenvalue weighted by Gasteiger charge is -2.17. The van der Waals surface area contributed by atoms with Gasteiger partial charge in [-0.15, -0.1) is 0 Å². The molecular formula is C27H48N8O10P2. The molecule has 1 amide bonds. The summed E-state index contributed by atoms with van der Waals surface area (Å²) in [6.45, 7) is 15.6. The van der Waals surface area contributed by atoms with Gasteiger partial charge in [-0.05, 0) is 45.9 Å². The van der Waals surface area contributed by atoms with Crippen LogP contribution in [0.2, 0.25) is 0 Å². The maximum atomic E-state index is 12.1. The summed E-state index contributed by atoms with van der Waals surface area (Å²) in [5.41, 5.74) is 3.63. The minimum atomic E-state index is -2.38. The second-order valence-corrected chi connectivity index (χ2v) is 20.2. The molecule has 0 radical (unpaired) electrons. The molecule has 266 valence electrons. The van der Waals surface area contributed by atoms with E-state index in [-0.39, 0.29) is 49.3 Å². The Morgan fingerprint density at radius 2 is 1.53 bits per heavy atom. The lowest BCUT2D eigenvalue weighted by molar-refractivity contribution is -0.167. The fraction of sp³-hybridized carbons (Fsp3) is 0.741. The maximum Gasteiger partial charge on any atom is 0.354 e. The molecule has 2 aromatic heterocycles. The van der Waals surface area contributed by atoms with E-state index in [2.05, 4.69) is 32.2 Å². The Morgan fingerprint density at radius 1 is 1.00 bits per heavy atom. The Bertz CT molecular complexity index is 1560. The molecule has 2 aliphatic heterocycles. The monoisotopic (exact) mass is 706 g/mol. The number of nitrogens with two attached hydrogens (primary N) is 1. The van der Waals surface area contributed by atoms with E-state index in [0.29, 0.717) is 5.92 Å². The molecule has 2 fully saturated rings. The number of ether oxygens (including phenoxy) is 3. The van der Waals surface area contributed by atoms with Crippen molar-refractivity contribution in [2.45, 2.75) is 78.4 Å². The van der Waals surface area contributed by atoms with Crippen molar-refractivity contribution in [3.8, 4) is 0 Å². The molecule has 0 aromatic carbocycles. The fourth-order valence-electron chi connectivity index (χ4n) is 3.77. The zero-order valence-corrected chi connectivity index (χ0v) is 30.1. The number of aliphatic hydroxyl groups excluding tert-OH is 2. The lowest BCUT2D eigenvalue weighted by Crippen LogP contribution is -2.32. The van der Waals surface area contributed by atoms with Gasteiger partial charge in [0.15, 0.2) is 6.29 Å². The molecule has 0 aliphatic carbocycles. The van der Waals surface area contributed by atoms with Crippen LogP contribution < -0.4 is 22.4 Å². The van der Waals surface area contributed by atoms with Crippen molar-refractivity contribution < 1.29 is 38.3 Å². The molecule has 2 aromatic rings. The molecule has 5 N–H and O–H groups in total. The van der Waals surface area contributed by atoms with Crippen LogP contribution in [-0.4, -0.2) is 103 Å². The van der Waals surface area contributed by atoms with Gasteiger partial charge in [0, 0.05) is 11.8 Å². The van der Waals surface area contributed by atoms with Crippen LogP contribution in [0.25, 0.3) is 0 Å². The van der Waals surface area contributed by atoms with E-state index in [0.717, 1.165) is 11.0 Å². The molecule has 0 saturated carbocycles. The molecule has 18 nitrogen and oxygen atoms in total. The first kappa shape index (κ1) is 40.3. The number of carbonyl (C=O) groups excluding carboxylic acids is 1. The summed E-state index contributed by atoms with van der Waals surface area (Å²) in [5, 5.41) is 20.5. The van der Waals surface area contributed by atoms with Crippen molar-refractivity contribution in [3.05, 3.63) is 33.6 Å². The lowest BCUT2D eigenvalue weighted by atomic mass is 9.96. The van der Waals surface area contributed by atoms with Crippen LogP contribution in [0.4, 0.5) is 11.9 Å². The number of hydrogen-bond donors (Lipinski definition) is 4.